The average molecular weight is 470 g/mol. The van der Waals surface area contributed by atoms with Crippen molar-refractivity contribution in [3.8, 4) is 11.6 Å². The van der Waals surface area contributed by atoms with Crippen LogP contribution in [0.1, 0.15) is 25.7 Å². The molecule has 2 aliphatic rings. The fourth-order valence-electron chi connectivity index (χ4n) is 4.02. The Balaban J connectivity index is 1.35. The molecule has 1 aromatic carbocycles. The van der Waals surface area contributed by atoms with Crippen LogP contribution in [0.5, 0.6) is 11.6 Å². The molecule has 4 rings (SSSR count). The Bertz CT molecular complexity index is 1050. The first-order valence-corrected chi connectivity index (χ1v) is 11.4. The topological polar surface area (TPSA) is 96.9 Å². The highest BCUT2D eigenvalue weighted by Gasteiger charge is 2.25. The number of carbonyl (C=O) groups excluding carboxylic acids is 2. The number of benzene rings is 1. The highest BCUT2D eigenvalue weighted by atomic mass is 19.1. The molecule has 1 atom stereocenters. The Labute approximate surface area is 197 Å². The predicted molar refractivity (Wildman–Crippen MR) is 123 cm³/mol. The van der Waals surface area contributed by atoms with Gasteiger partial charge in [-0.25, -0.2) is 4.98 Å². The lowest BCUT2D eigenvalue weighted by molar-refractivity contribution is -0.129. The summed E-state index contributed by atoms with van der Waals surface area (Å²) in [5, 5.41) is 3.03. The fraction of sp³-hybridized carbons (Fsp3) is 0.417. The molecule has 0 radical (unpaired) electrons. The number of ether oxygens (including phenoxy) is 2. The van der Waals surface area contributed by atoms with Gasteiger partial charge in [0.15, 0.2) is 0 Å². The van der Waals surface area contributed by atoms with E-state index < -0.39 is 5.82 Å². The molecule has 2 aromatic rings. The van der Waals surface area contributed by atoms with Crippen molar-refractivity contribution in [3.05, 3.63) is 48.9 Å². The monoisotopic (exact) mass is 469 g/mol. The second-order valence-corrected chi connectivity index (χ2v) is 8.20. The maximum absolute atomic E-state index is 14.3. The van der Waals surface area contributed by atoms with Crippen LogP contribution in [0.4, 0.5) is 16.0 Å². The summed E-state index contributed by atoms with van der Waals surface area (Å²) in [6, 6.07) is 7.21. The lowest BCUT2D eigenvalue weighted by Crippen LogP contribution is -2.43. The Morgan fingerprint density at radius 2 is 2.21 bits per heavy atom. The van der Waals surface area contributed by atoms with Gasteiger partial charge in [0.25, 0.3) is 5.88 Å². The van der Waals surface area contributed by atoms with Gasteiger partial charge in [-0.15, -0.1) is 0 Å². The van der Waals surface area contributed by atoms with Gasteiger partial charge < -0.3 is 24.6 Å². The summed E-state index contributed by atoms with van der Waals surface area (Å²) in [5.74, 6) is -0.0495. The molecular weight excluding hydrogens is 441 g/mol. The van der Waals surface area contributed by atoms with E-state index in [4.69, 9.17) is 9.47 Å². The van der Waals surface area contributed by atoms with Crippen LogP contribution in [0.15, 0.2) is 43.1 Å². The summed E-state index contributed by atoms with van der Waals surface area (Å²) < 4.78 is 25.9. The van der Waals surface area contributed by atoms with Crippen LogP contribution < -0.4 is 14.8 Å². The number of anilines is 2. The molecule has 10 heteroatoms. The molecule has 34 heavy (non-hydrogen) atoms. The molecule has 2 aliphatic heterocycles. The van der Waals surface area contributed by atoms with Crippen molar-refractivity contribution in [2.45, 2.75) is 31.8 Å². The van der Waals surface area contributed by atoms with Gasteiger partial charge in [0.2, 0.25) is 23.6 Å². The number of hydrogen-bond donors (Lipinski definition) is 1. The Kier molecular flexibility index (Phi) is 7.56. The second-order valence-electron chi connectivity index (χ2n) is 8.20. The van der Waals surface area contributed by atoms with E-state index in [-0.39, 0.29) is 29.7 Å². The number of halogens is 1. The molecule has 1 N–H and O–H groups in total. The van der Waals surface area contributed by atoms with Crippen LogP contribution in [-0.4, -0.2) is 70.5 Å². The van der Waals surface area contributed by atoms with Crippen LogP contribution in [0.25, 0.3) is 0 Å². The van der Waals surface area contributed by atoms with Crippen LogP contribution in [-0.2, 0) is 9.59 Å². The highest BCUT2D eigenvalue weighted by Crippen LogP contribution is 2.24. The summed E-state index contributed by atoms with van der Waals surface area (Å²) in [6.07, 6.45) is 4.89. The minimum Gasteiger partial charge on any atom is -0.492 e. The minimum atomic E-state index is -0.675. The van der Waals surface area contributed by atoms with E-state index in [0.717, 1.165) is 25.6 Å². The Hall–Kier alpha value is -3.69. The number of nitrogens with zero attached hydrogens (tertiary/aromatic N) is 4. The molecule has 2 saturated heterocycles. The van der Waals surface area contributed by atoms with Crippen molar-refractivity contribution in [2.75, 3.05) is 38.1 Å². The molecular formula is C24H28FN5O4. The van der Waals surface area contributed by atoms with Gasteiger partial charge in [0.1, 0.15) is 18.5 Å². The van der Waals surface area contributed by atoms with Crippen molar-refractivity contribution in [3.63, 3.8) is 0 Å². The third kappa shape index (κ3) is 6.00. The van der Waals surface area contributed by atoms with Gasteiger partial charge in [0, 0.05) is 31.3 Å². The van der Waals surface area contributed by atoms with Crippen LogP contribution in [0.3, 0.4) is 0 Å². The van der Waals surface area contributed by atoms with Crippen LogP contribution in [0, 0.1) is 5.82 Å². The normalized spacial score (nSPS) is 18.0. The largest absolute Gasteiger partial charge is 0.492 e. The quantitative estimate of drug-likeness (QED) is 0.564. The lowest BCUT2D eigenvalue weighted by Gasteiger charge is -2.32. The van der Waals surface area contributed by atoms with E-state index in [9.17, 15) is 14.0 Å². The molecule has 2 amide bonds. The molecule has 180 valence electrons. The molecule has 1 unspecified atom stereocenters. The van der Waals surface area contributed by atoms with E-state index in [0.29, 0.717) is 50.5 Å². The SMILES string of the molecule is C=CC(=O)N1CCCC(Oc2nc(Nc3cccc(OCCN4CCCC4=O)c3)ncc2F)C1. The van der Waals surface area contributed by atoms with E-state index >= 15 is 0 Å². The number of nitrogens with one attached hydrogen (secondary N) is 1. The first-order chi connectivity index (χ1) is 16.5. The molecule has 3 heterocycles. The zero-order valence-electron chi connectivity index (χ0n) is 18.9. The van der Waals surface area contributed by atoms with E-state index in [2.05, 4.69) is 21.9 Å². The predicted octanol–water partition coefficient (Wildman–Crippen LogP) is 2.92. The number of amides is 2. The number of carbonyl (C=O) groups is 2. The molecule has 2 fully saturated rings. The molecule has 0 saturated carbocycles. The molecule has 1 aromatic heterocycles. The summed E-state index contributed by atoms with van der Waals surface area (Å²) in [4.78, 5) is 35.2. The molecule has 0 spiro atoms. The lowest BCUT2D eigenvalue weighted by atomic mass is 10.1. The number of aromatic nitrogens is 2. The smallest absolute Gasteiger partial charge is 0.255 e. The Morgan fingerprint density at radius 3 is 3.00 bits per heavy atom. The molecule has 0 bridgehead atoms. The highest BCUT2D eigenvalue weighted by molar-refractivity contribution is 5.87. The maximum Gasteiger partial charge on any atom is 0.255 e. The summed E-state index contributed by atoms with van der Waals surface area (Å²) in [5.41, 5.74) is 0.660. The van der Waals surface area contributed by atoms with Gasteiger partial charge in [-0.1, -0.05) is 12.6 Å². The third-order valence-corrected chi connectivity index (χ3v) is 5.75. The zero-order chi connectivity index (χ0) is 23.9. The summed E-state index contributed by atoms with van der Waals surface area (Å²) >= 11 is 0. The number of hydrogen-bond acceptors (Lipinski definition) is 7. The fourth-order valence-corrected chi connectivity index (χ4v) is 4.02. The van der Waals surface area contributed by atoms with Gasteiger partial charge in [-0.2, -0.15) is 9.37 Å². The number of rotatable bonds is 9. The third-order valence-electron chi connectivity index (χ3n) is 5.75. The first kappa shape index (κ1) is 23.5. The minimum absolute atomic E-state index is 0.165. The first-order valence-electron chi connectivity index (χ1n) is 11.4. The van der Waals surface area contributed by atoms with Gasteiger partial charge in [-0.05, 0) is 37.5 Å². The average Bonchev–Trinajstić information content (AvgIpc) is 3.25. The van der Waals surface area contributed by atoms with Crippen molar-refractivity contribution in [1.29, 1.82) is 0 Å². The Morgan fingerprint density at radius 1 is 1.32 bits per heavy atom. The van der Waals surface area contributed by atoms with Gasteiger partial charge in [-0.3, -0.25) is 9.59 Å². The summed E-state index contributed by atoms with van der Waals surface area (Å²) in [6.45, 7) is 6.20. The molecule has 9 nitrogen and oxygen atoms in total. The summed E-state index contributed by atoms with van der Waals surface area (Å²) in [7, 11) is 0. The van der Waals surface area contributed by atoms with Crippen LogP contribution in [0.2, 0.25) is 0 Å². The second kappa shape index (κ2) is 11.0. The van der Waals surface area contributed by atoms with Crippen molar-refractivity contribution in [1.82, 2.24) is 19.8 Å². The van der Waals surface area contributed by atoms with Crippen molar-refractivity contribution in [2.24, 2.45) is 0 Å². The zero-order valence-corrected chi connectivity index (χ0v) is 18.9. The van der Waals surface area contributed by atoms with E-state index in [1.165, 1.54) is 6.08 Å². The van der Waals surface area contributed by atoms with Crippen molar-refractivity contribution < 1.29 is 23.5 Å². The standard InChI is InChI=1S/C24H28FN5O4/c1-2-21(31)30-11-4-8-19(16-30)34-23-20(25)15-26-24(28-23)27-17-6-3-7-18(14-17)33-13-12-29-10-5-9-22(29)32/h2-3,6-7,14-15,19H,1,4-5,8-13,16H2,(H,26,27,28). The van der Waals surface area contributed by atoms with E-state index in [1.807, 2.05) is 18.2 Å². The van der Waals surface area contributed by atoms with E-state index in [1.54, 1.807) is 15.9 Å². The number of piperidine rings is 1. The van der Waals surface area contributed by atoms with Gasteiger partial charge >= 0.3 is 0 Å². The van der Waals surface area contributed by atoms with Crippen molar-refractivity contribution >= 4 is 23.5 Å². The van der Waals surface area contributed by atoms with Gasteiger partial charge in [0.05, 0.1) is 19.3 Å². The maximum atomic E-state index is 14.3. The number of likely N-dealkylation sites (tertiary alicyclic amines) is 2. The van der Waals surface area contributed by atoms with Crippen LogP contribution >= 0.6 is 0 Å². The molecule has 0 aliphatic carbocycles.